The predicted molar refractivity (Wildman–Crippen MR) is 151 cm³/mol. The second-order valence-electron chi connectivity index (χ2n) is 10.3. The number of amides is 1. The van der Waals surface area contributed by atoms with Crippen molar-refractivity contribution in [2.75, 3.05) is 25.5 Å². The maximum Gasteiger partial charge on any atom is 0.243 e. The molecule has 3 aromatic rings. The van der Waals surface area contributed by atoms with Crippen LogP contribution in [0.2, 0.25) is 0 Å². The average Bonchev–Trinajstić information content (AvgIpc) is 3.54. The first-order chi connectivity index (χ1) is 18.2. The topological polar surface area (TPSA) is 82.1 Å². The van der Waals surface area contributed by atoms with Gasteiger partial charge in [-0.25, -0.2) is 8.42 Å². The summed E-state index contributed by atoms with van der Waals surface area (Å²) in [6.45, 7) is 6.86. The Labute approximate surface area is 225 Å². The van der Waals surface area contributed by atoms with Gasteiger partial charge in [-0.1, -0.05) is 42.5 Å². The molecule has 198 valence electrons. The first-order valence-corrected chi connectivity index (χ1v) is 14.6. The molecule has 0 aliphatic carbocycles. The Morgan fingerprint density at radius 1 is 1.03 bits per heavy atom. The van der Waals surface area contributed by atoms with Crippen LogP contribution in [0.25, 0.3) is 0 Å². The number of hydrogen-bond acceptors (Lipinski definition) is 5. The molecular formula is C30H34N4O3S. The zero-order valence-electron chi connectivity index (χ0n) is 22.1. The monoisotopic (exact) mass is 530 g/mol. The summed E-state index contributed by atoms with van der Waals surface area (Å²) >= 11 is 0. The third kappa shape index (κ3) is 5.29. The maximum atomic E-state index is 13.3. The lowest BCUT2D eigenvalue weighted by Crippen LogP contribution is -2.33. The van der Waals surface area contributed by atoms with Gasteiger partial charge in [0.15, 0.2) is 0 Å². The van der Waals surface area contributed by atoms with Gasteiger partial charge in [-0.3, -0.25) is 14.7 Å². The molecule has 0 radical (unpaired) electrons. The van der Waals surface area contributed by atoms with Gasteiger partial charge >= 0.3 is 0 Å². The van der Waals surface area contributed by atoms with Crippen LogP contribution >= 0.6 is 0 Å². The van der Waals surface area contributed by atoms with Crippen molar-refractivity contribution in [3.8, 4) is 0 Å². The van der Waals surface area contributed by atoms with Gasteiger partial charge < -0.3 is 5.32 Å². The second kappa shape index (κ2) is 10.8. The van der Waals surface area contributed by atoms with Crippen molar-refractivity contribution in [1.82, 2.24) is 9.21 Å². The van der Waals surface area contributed by atoms with Crippen molar-refractivity contribution < 1.29 is 13.2 Å². The van der Waals surface area contributed by atoms with E-state index in [1.807, 2.05) is 56.3 Å². The van der Waals surface area contributed by atoms with Gasteiger partial charge in [-0.05, 0) is 86.8 Å². The molecule has 1 N–H and O–H groups in total. The van der Waals surface area contributed by atoms with Crippen LogP contribution in [-0.2, 0) is 21.4 Å². The van der Waals surface area contributed by atoms with E-state index in [1.165, 1.54) is 22.7 Å². The summed E-state index contributed by atoms with van der Waals surface area (Å²) in [5, 5.41) is 2.93. The quantitative estimate of drug-likeness (QED) is 0.408. The van der Waals surface area contributed by atoms with Crippen molar-refractivity contribution in [3.63, 3.8) is 0 Å². The molecule has 2 aliphatic rings. The lowest BCUT2D eigenvalue weighted by molar-refractivity contribution is -0.115. The van der Waals surface area contributed by atoms with Crippen LogP contribution in [-0.4, -0.2) is 55.4 Å². The number of fused-ring (bicyclic) bond motifs is 1. The highest BCUT2D eigenvalue weighted by atomic mass is 32.2. The Morgan fingerprint density at radius 2 is 1.71 bits per heavy atom. The fourth-order valence-electron chi connectivity index (χ4n) is 5.03. The van der Waals surface area contributed by atoms with Crippen LogP contribution in [0.3, 0.4) is 0 Å². The number of rotatable bonds is 8. The van der Waals surface area contributed by atoms with Gasteiger partial charge in [0.05, 0.1) is 16.3 Å². The highest BCUT2D eigenvalue weighted by Crippen LogP contribution is 2.38. The summed E-state index contributed by atoms with van der Waals surface area (Å²) in [5.74, 6) is -0.962. The molecule has 3 aromatic carbocycles. The molecule has 8 heteroatoms. The third-order valence-electron chi connectivity index (χ3n) is 7.39. The molecule has 7 nitrogen and oxygen atoms in total. The molecular weight excluding hydrogens is 496 g/mol. The summed E-state index contributed by atoms with van der Waals surface area (Å²) < 4.78 is 27.8. The summed E-state index contributed by atoms with van der Waals surface area (Å²) in [6.07, 6.45) is 2.51. The summed E-state index contributed by atoms with van der Waals surface area (Å²) in [5.41, 5.74) is 4.60. The zero-order valence-corrected chi connectivity index (χ0v) is 22.9. The van der Waals surface area contributed by atoms with Crippen LogP contribution in [0.15, 0.2) is 82.7 Å². The number of benzene rings is 3. The Balaban J connectivity index is 1.54. The number of aliphatic imine (C=N–C) groups is 1. The van der Waals surface area contributed by atoms with E-state index in [0.29, 0.717) is 17.0 Å². The highest BCUT2D eigenvalue weighted by Gasteiger charge is 2.37. The lowest BCUT2D eigenvalue weighted by Gasteiger charge is -2.21. The lowest BCUT2D eigenvalue weighted by atomic mass is 9.90. The number of carbonyl (C=O) groups is 1. The van der Waals surface area contributed by atoms with Gasteiger partial charge in [-0.15, -0.1) is 0 Å². The molecule has 2 aliphatic heterocycles. The minimum atomic E-state index is -3.71. The van der Waals surface area contributed by atoms with E-state index in [0.717, 1.165) is 30.9 Å². The Hall–Kier alpha value is -3.33. The van der Waals surface area contributed by atoms with E-state index in [4.69, 9.17) is 4.99 Å². The number of hydrogen-bond donors (Lipinski definition) is 1. The molecule has 0 saturated carbocycles. The summed E-state index contributed by atoms with van der Waals surface area (Å²) in [6, 6.07) is 22.4. The minimum Gasteiger partial charge on any atom is -0.325 e. The largest absolute Gasteiger partial charge is 0.325 e. The van der Waals surface area contributed by atoms with Crippen LogP contribution < -0.4 is 5.32 Å². The highest BCUT2D eigenvalue weighted by molar-refractivity contribution is 7.89. The van der Waals surface area contributed by atoms with Crippen LogP contribution in [0, 0.1) is 0 Å². The number of nitrogens with zero attached hydrogens (tertiary/aromatic N) is 3. The fourth-order valence-corrected chi connectivity index (χ4v) is 6.44. The molecule has 1 atom stereocenters. The summed E-state index contributed by atoms with van der Waals surface area (Å²) in [7, 11) is -2.15. The van der Waals surface area contributed by atoms with Gasteiger partial charge in [0.1, 0.15) is 5.92 Å². The molecule has 0 aromatic heterocycles. The molecule has 1 saturated heterocycles. The Bertz CT molecular complexity index is 1440. The molecule has 38 heavy (non-hydrogen) atoms. The number of anilines is 1. The van der Waals surface area contributed by atoms with Crippen LogP contribution in [0.4, 0.5) is 11.4 Å². The van der Waals surface area contributed by atoms with E-state index in [9.17, 15) is 13.2 Å². The van der Waals surface area contributed by atoms with Gasteiger partial charge in [0.2, 0.25) is 15.9 Å². The second-order valence-corrected chi connectivity index (χ2v) is 12.3. The molecule has 0 spiro atoms. The van der Waals surface area contributed by atoms with E-state index < -0.39 is 15.9 Å². The fraction of sp³-hybridized carbons (Fsp3) is 0.333. The van der Waals surface area contributed by atoms with Crippen molar-refractivity contribution in [1.29, 1.82) is 0 Å². The zero-order chi connectivity index (χ0) is 26.9. The minimum absolute atomic E-state index is 0.160. The normalized spacial score (nSPS) is 18.3. The molecule has 1 unspecified atom stereocenters. The van der Waals surface area contributed by atoms with Gasteiger partial charge in [-0.2, -0.15) is 4.31 Å². The number of likely N-dealkylation sites (tertiary alicyclic amines) is 1. The number of sulfonamides is 1. The molecule has 0 bridgehead atoms. The average molecular weight is 531 g/mol. The first kappa shape index (κ1) is 26.3. The molecule has 1 fully saturated rings. The van der Waals surface area contributed by atoms with E-state index in [-0.39, 0.29) is 16.8 Å². The van der Waals surface area contributed by atoms with Gasteiger partial charge in [0, 0.05) is 25.3 Å². The van der Waals surface area contributed by atoms with E-state index in [2.05, 4.69) is 22.3 Å². The maximum absolute atomic E-state index is 13.3. The smallest absolute Gasteiger partial charge is 0.243 e. The Morgan fingerprint density at radius 3 is 2.37 bits per heavy atom. The van der Waals surface area contributed by atoms with Crippen molar-refractivity contribution >= 4 is 33.0 Å². The SMILES string of the molecule is CC(C)N(C)S(=O)(=O)c1ccc2c(c1)C(C(=Nc1ccc(CN3CCCC3)cc1)c1ccccc1)C(=O)N2. The molecule has 1 amide bonds. The number of nitrogens with one attached hydrogen (secondary N) is 1. The van der Waals surface area contributed by atoms with E-state index in [1.54, 1.807) is 25.2 Å². The molecule has 2 heterocycles. The predicted octanol–water partition coefficient (Wildman–Crippen LogP) is 5.17. The molecule has 5 rings (SSSR count). The number of carbonyl (C=O) groups excluding carboxylic acids is 1. The van der Waals surface area contributed by atoms with Crippen LogP contribution in [0.5, 0.6) is 0 Å². The van der Waals surface area contributed by atoms with Crippen molar-refractivity contribution in [3.05, 3.63) is 89.5 Å². The van der Waals surface area contributed by atoms with Crippen LogP contribution in [0.1, 0.15) is 49.3 Å². The summed E-state index contributed by atoms with van der Waals surface area (Å²) in [4.78, 5) is 20.9. The van der Waals surface area contributed by atoms with Crippen molar-refractivity contribution in [2.45, 2.75) is 50.1 Å². The van der Waals surface area contributed by atoms with Crippen molar-refractivity contribution in [2.24, 2.45) is 4.99 Å². The van der Waals surface area contributed by atoms with E-state index >= 15 is 0 Å². The standard InChI is InChI=1S/C30H34N4O3S/c1-21(2)33(3)38(36,37)25-15-16-27-26(19-25)28(30(35)32-27)29(23-9-5-4-6-10-23)31-24-13-11-22(12-14-24)20-34-17-7-8-18-34/h4-6,9-16,19,21,28H,7-8,17-18,20H2,1-3H3,(H,32,35). The van der Waals surface area contributed by atoms with Gasteiger partial charge in [0.25, 0.3) is 0 Å². The Kier molecular flexibility index (Phi) is 7.47. The first-order valence-electron chi connectivity index (χ1n) is 13.1. The third-order valence-corrected chi connectivity index (χ3v) is 9.42.